The van der Waals surface area contributed by atoms with Crippen LogP contribution in [0.2, 0.25) is 0 Å². The average molecular weight is 206 g/mol. The van der Waals surface area contributed by atoms with E-state index >= 15 is 0 Å². The number of Topliss-reactive ketones (excluding diaryl/α,β-unsaturated/α-hetero) is 1. The number of halogens is 1. The first-order chi connectivity index (χ1) is 7.08. The lowest BCUT2D eigenvalue weighted by atomic mass is 9.56. The van der Waals surface area contributed by atoms with Crippen LogP contribution < -0.4 is 0 Å². The van der Waals surface area contributed by atoms with E-state index in [1.165, 1.54) is 6.07 Å². The molecule has 80 valence electrons. The highest BCUT2D eigenvalue weighted by molar-refractivity contribution is 5.92. The van der Waals surface area contributed by atoms with Crippen molar-refractivity contribution in [2.75, 3.05) is 0 Å². The number of benzene rings is 1. The fourth-order valence-corrected chi connectivity index (χ4v) is 2.36. The third-order valence-electron chi connectivity index (χ3n) is 3.78. The number of ketones is 1. The van der Waals surface area contributed by atoms with Gasteiger partial charge in [0.05, 0.1) is 0 Å². The average Bonchev–Trinajstić information content (AvgIpc) is 2.24. The molecule has 0 bridgehead atoms. The summed E-state index contributed by atoms with van der Waals surface area (Å²) in [5.41, 5.74) is 0.687. The molecule has 0 amide bonds. The molecule has 1 fully saturated rings. The van der Waals surface area contributed by atoms with Crippen LogP contribution in [-0.2, 0) is 4.79 Å². The molecule has 1 nitrogen and oxygen atoms in total. The number of rotatable bonds is 2. The van der Waals surface area contributed by atoms with Crippen LogP contribution in [-0.4, -0.2) is 5.78 Å². The first-order valence-electron chi connectivity index (χ1n) is 5.36. The molecule has 2 atom stereocenters. The molecule has 15 heavy (non-hydrogen) atoms. The Hall–Kier alpha value is -1.18. The van der Waals surface area contributed by atoms with E-state index in [-0.39, 0.29) is 17.2 Å². The van der Waals surface area contributed by atoms with Crippen molar-refractivity contribution in [2.24, 2.45) is 5.41 Å². The van der Waals surface area contributed by atoms with Crippen molar-refractivity contribution in [3.63, 3.8) is 0 Å². The normalized spacial score (nSPS) is 30.1. The van der Waals surface area contributed by atoms with E-state index in [2.05, 4.69) is 0 Å². The summed E-state index contributed by atoms with van der Waals surface area (Å²) in [5, 5.41) is 0. The summed E-state index contributed by atoms with van der Waals surface area (Å²) < 4.78 is 13.1. The van der Waals surface area contributed by atoms with Crippen LogP contribution in [0.3, 0.4) is 0 Å². The molecule has 0 spiro atoms. The van der Waals surface area contributed by atoms with Gasteiger partial charge in [0.1, 0.15) is 11.6 Å². The molecule has 1 aromatic carbocycles. The fraction of sp³-hybridized carbons (Fsp3) is 0.462. The number of hydrogen-bond acceptors (Lipinski definition) is 1. The Balaban J connectivity index is 2.30. The zero-order valence-electron chi connectivity index (χ0n) is 9.09. The smallest absolute Gasteiger partial charge is 0.140 e. The molecule has 0 heterocycles. The van der Waals surface area contributed by atoms with E-state index in [0.717, 1.165) is 12.0 Å². The van der Waals surface area contributed by atoms with Crippen LogP contribution in [0.15, 0.2) is 24.3 Å². The Morgan fingerprint density at radius 1 is 1.53 bits per heavy atom. The molecule has 2 unspecified atom stereocenters. The zero-order chi connectivity index (χ0) is 11.1. The van der Waals surface area contributed by atoms with Crippen LogP contribution in [0, 0.1) is 11.2 Å². The third-order valence-corrected chi connectivity index (χ3v) is 3.78. The van der Waals surface area contributed by atoms with E-state index in [1.807, 2.05) is 19.9 Å². The number of carbonyl (C=O) groups is 1. The van der Waals surface area contributed by atoms with Gasteiger partial charge >= 0.3 is 0 Å². The van der Waals surface area contributed by atoms with Gasteiger partial charge < -0.3 is 0 Å². The van der Waals surface area contributed by atoms with Crippen LogP contribution >= 0.6 is 0 Å². The van der Waals surface area contributed by atoms with E-state index < -0.39 is 0 Å². The summed E-state index contributed by atoms with van der Waals surface area (Å²) in [6.07, 6.45) is 1.39. The third kappa shape index (κ3) is 1.48. The van der Waals surface area contributed by atoms with Gasteiger partial charge in [-0.15, -0.1) is 0 Å². The molecular weight excluding hydrogens is 191 g/mol. The Labute approximate surface area is 89.3 Å². The first kappa shape index (κ1) is 10.3. The molecule has 1 aliphatic carbocycles. The van der Waals surface area contributed by atoms with Gasteiger partial charge in [-0.25, -0.2) is 4.39 Å². The van der Waals surface area contributed by atoms with Gasteiger partial charge in [-0.2, -0.15) is 0 Å². The van der Waals surface area contributed by atoms with Crippen LogP contribution in [0.1, 0.15) is 38.2 Å². The second-order valence-corrected chi connectivity index (χ2v) is 4.51. The summed E-state index contributed by atoms with van der Waals surface area (Å²) in [6.45, 7) is 4.00. The van der Waals surface area contributed by atoms with E-state index in [1.54, 1.807) is 12.1 Å². The Morgan fingerprint density at radius 2 is 2.27 bits per heavy atom. The molecule has 1 aliphatic rings. The SMILES string of the molecule is CCC1(C)C(=O)CC1c1cccc(F)c1. The minimum Gasteiger partial charge on any atom is -0.299 e. The number of hydrogen-bond donors (Lipinski definition) is 0. The van der Waals surface area contributed by atoms with Crippen molar-refractivity contribution in [1.82, 2.24) is 0 Å². The van der Waals surface area contributed by atoms with Crippen molar-refractivity contribution in [1.29, 1.82) is 0 Å². The van der Waals surface area contributed by atoms with Gasteiger partial charge in [-0.05, 0) is 24.1 Å². The molecule has 0 aromatic heterocycles. The molecule has 2 heteroatoms. The molecule has 0 saturated heterocycles. The van der Waals surface area contributed by atoms with Crippen LogP contribution in [0.4, 0.5) is 4.39 Å². The summed E-state index contributed by atoms with van der Waals surface area (Å²) in [7, 11) is 0. The van der Waals surface area contributed by atoms with E-state index in [0.29, 0.717) is 12.2 Å². The summed E-state index contributed by atoms with van der Waals surface area (Å²) in [6, 6.07) is 6.61. The molecule has 0 radical (unpaired) electrons. The van der Waals surface area contributed by atoms with Crippen molar-refractivity contribution in [3.8, 4) is 0 Å². The highest BCUT2D eigenvalue weighted by Gasteiger charge is 2.50. The van der Waals surface area contributed by atoms with Crippen molar-refractivity contribution in [2.45, 2.75) is 32.6 Å². The lowest BCUT2D eigenvalue weighted by Crippen LogP contribution is -2.45. The summed E-state index contributed by atoms with van der Waals surface area (Å²) in [4.78, 5) is 11.6. The van der Waals surface area contributed by atoms with Crippen LogP contribution in [0.25, 0.3) is 0 Å². The molecule has 1 saturated carbocycles. The largest absolute Gasteiger partial charge is 0.299 e. The molecule has 0 N–H and O–H groups in total. The van der Waals surface area contributed by atoms with Crippen molar-refractivity contribution >= 4 is 5.78 Å². The summed E-state index contributed by atoms with van der Waals surface area (Å²) in [5.74, 6) is 0.287. The van der Waals surface area contributed by atoms with Crippen molar-refractivity contribution in [3.05, 3.63) is 35.6 Å². The van der Waals surface area contributed by atoms with Gasteiger partial charge in [0.2, 0.25) is 0 Å². The Kier molecular flexibility index (Phi) is 2.37. The van der Waals surface area contributed by atoms with Gasteiger partial charge in [-0.3, -0.25) is 4.79 Å². The van der Waals surface area contributed by atoms with Gasteiger partial charge in [-0.1, -0.05) is 26.0 Å². The number of carbonyl (C=O) groups excluding carboxylic acids is 1. The van der Waals surface area contributed by atoms with E-state index in [4.69, 9.17) is 0 Å². The minimum atomic E-state index is -0.270. The summed E-state index contributed by atoms with van der Waals surface area (Å²) >= 11 is 0. The Morgan fingerprint density at radius 3 is 2.80 bits per heavy atom. The topological polar surface area (TPSA) is 17.1 Å². The predicted molar refractivity (Wildman–Crippen MR) is 57.2 cm³/mol. The molecular formula is C13H15FO. The van der Waals surface area contributed by atoms with E-state index in [9.17, 15) is 9.18 Å². The minimum absolute atomic E-state index is 0.200. The Bertz CT molecular complexity index is 399. The van der Waals surface area contributed by atoms with Gasteiger partial charge in [0, 0.05) is 17.8 Å². The highest BCUT2D eigenvalue weighted by atomic mass is 19.1. The molecule has 0 aliphatic heterocycles. The standard InChI is InChI=1S/C13H15FO/c1-3-13(2)11(8-12(13)15)9-5-4-6-10(14)7-9/h4-7,11H,3,8H2,1-2H3. The monoisotopic (exact) mass is 206 g/mol. The van der Waals surface area contributed by atoms with Gasteiger partial charge in [0.25, 0.3) is 0 Å². The molecule has 1 aromatic rings. The maximum Gasteiger partial charge on any atom is 0.140 e. The second kappa shape index (κ2) is 3.44. The maximum atomic E-state index is 13.1. The van der Waals surface area contributed by atoms with Gasteiger partial charge in [0.15, 0.2) is 0 Å². The van der Waals surface area contributed by atoms with Crippen LogP contribution in [0.5, 0.6) is 0 Å². The fourth-order valence-electron chi connectivity index (χ4n) is 2.36. The second-order valence-electron chi connectivity index (χ2n) is 4.51. The predicted octanol–water partition coefficient (Wildman–Crippen LogP) is 3.30. The quantitative estimate of drug-likeness (QED) is 0.725. The maximum absolute atomic E-state index is 13.1. The highest BCUT2D eigenvalue weighted by Crippen LogP contribution is 2.51. The zero-order valence-corrected chi connectivity index (χ0v) is 9.09. The lowest BCUT2D eigenvalue weighted by molar-refractivity contribution is -0.139. The first-order valence-corrected chi connectivity index (χ1v) is 5.36. The lowest BCUT2D eigenvalue weighted by Gasteiger charge is -2.45. The van der Waals surface area contributed by atoms with Crippen molar-refractivity contribution < 1.29 is 9.18 Å². The molecule has 2 rings (SSSR count).